The van der Waals surface area contributed by atoms with Gasteiger partial charge in [-0.05, 0) is 53.2 Å². The number of ether oxygens (including phenoxy) is 2. The van der Waals surface area contributed by atoms with Crippen LogP contribution >= 0.6 is 0 Å². The van der Waals surface area contributed by atoms with E-state index >= 15 is 0 Å². The molecule has 10 nitrogen and oxygen atoms in total. The van der Waals surface area contributed by atoms with Crippen LogP contribution in [0.25, 0.3) is 0 Å². The topological polar surface area (TPSA) is 134 Å². The highest BCUT2D eigenvalue weighted by Gasteiger charge is 2.36. The van der Waals surface area contributed by atoms with Crippen LogP contribution in [0.4, 0.5) is 4.79 Å². The molecule has 3 amide bonds. The maximum Gasteiger partial charge on any atom is 0.408 e. The molecule has 0 aliphatic carbocycles. The Morgan fingerprint density at radius 3 is 2.07 bits per heavy atom. The number of rotatable bonds is 11. The molecule has 2 aromatic carbocycles. The molecule has 0 aromatic heterocycles. The molecule has 222 valence electrons. The molecule has 0 aliphatic rings. The van der Waals surface area contributed by atoms with E-state index in [1.165, 1.54) is 18.2 Å². The predicted octanol–water partition coefficient (Wildman–Crippen LogP) is 4.04. The van der Waals surface area contributed by atoms with Crippen LogP contribution in [0.5, 0.6) is 5.75 Å². The Morgan fingerprint density at radius 1 is 0.927 bits per heavy atom. The highest BCUT2D eigenvalue weighted by atomic mass is 16.6. The zero-order valence-electron chi connectivity index (χ0n) is 24.6. The third kappa shape index (κ3) is 11.0. The van der Waals surface area contributed by atoms with Crippen molar-refractivity contribution in [1.82, 2.24) is 15.5 Å². The van der Waals surface area contributed by atoms with E-state index in [1.54, 1.807) is 53.7 Å². The van der Waals surface area contributed by atoms with Gasteiger partial charge in [0.2, 0.25) is 11.8 Å². The number of carbonyl (C=O) groups excluding carboxylic acids is 4. The van der Waals surface area contributed by atoms with Crippen LogP contribution in [0.2, 0.25) is 0 Å². The van der Waals surface area contributed by atoms with E-state index in [-0.39, 0.29) is 24.3 Å². The van der Waals surface area contributed by atoms with E-state index < -0.39 is 53.7 Å². The molecule has 0 spiro atoms. The molecular formula is C31H41N3O7. The number of para-hydroxylation sites is 1. The molecule has 3 N–H and O–H groups in total. The van der Waals surface area contributed by atoms with Gasteiger partial charge in [0.25, 0.3) is 0 Å². The minimum absolute atomic E-state index is 0.100. The predicted molar refractivity (Wildman–Crippen MR) is 155 cm³/mol. The molecule has 0 bridgehead atoms. The average Bonchev–Trinajstić information content (AvgIpc) is 2.86. The number of hydrogen-bond donors (Lipinski definition) is 3. The Balaban J connectivity index is 2.44. The molecule has 0 aliphatic heterocycles. The minimum atomic E-state index is -1.37. The van der Waals surface area contributed by atoms with Crippen LogP contribution in [-0.2, 0) is 30.3 Å². The highest BCUT2D eigenvalue weighted by molar-refractivity contribution is 5.93. The van der Waals surface area contributed by atoms with Crippen LogP contribution in [0.15, 0.2) is 67.3 Å². The van der Waals surface area contributed by atoms with Crippen LogP contribution in [0.3, 0.4) is 0 Å². The zero-order valence-corrected chi connectivity index (χ0v) is 24.6. The van der Waals surface area contributed by atoms with Crippen molar-refractivity contribution in [2.45, 2.75) is 71.2 Å². The Kier molecular flexibility index (Phi) is 11.5. The number of esters is 1. The summed E-state index contributed by atoms with van der Waals surface area (Å²) in [5.41, 5.74) is -0.684. The molecule has 2 atom stereocenters. The highest BCUT2D eigenvalue weighted by Crippen LogP contribution is 2.29. The van der Waals surface area contributed by atoms with Gasteiger partial charge in [0.1, 0.15) is 35.6 Å². The fraction of sp³-hybridized carbons (Fsp3) is 0.419. The Labute approximate surface area is 241 Å². The van der Waals surface area contributed by atoms with Gasteiger partial charge >= 0.3 is 12.1 Å². The van der Waals surface area contributed by atoms with Crippen molar-refractivity contribution in [2.24, 2.45) is 0 Å². The zero-order chi connectivity index (χ0) is 30.8. The molecular weight excluding hydrogens is 526 g/mol. The molecule has 10 heteroatoms. The van der Waals surface area contributed by atoms with Crippen molar-refractivity contribution >= 4 is 23.9 Å². The first-order valence-electron chi connectivity index (χ1n) is 13.3. The van der Waals surface area contributed by atoms with E-state index in [2.05, 4.69) is 17.2 Å². The third-order valence-corrected chi connectivity index (χ3v) is 5.51. The number of aromatic hydroxyl groups is 1. The first kappa shape index (κ1) is 32.9. The van der Waals surface area contributed by atoms with Gasteiger partial charge in [-0.3, -0.25) is 9.59 Å². The van der Waals surface area contributed by atoms with Crippen molar-refractivity contribution in [3.63, 3.8) is 0 Å². The van der Waals surface area contributed by atoms with Gasteiger partial charge in [-0.15, -0.1) is 6.58 Å². The lowest BCUT2D eigenvalue weighted by molar-refractivity contribution is -0.159. The van der Waals surface area contributed by atoms with Crippen molar-refractivity contribution < 1.29 is 33.8 Å². The molecule has 2 aromatic rings. The van der Waals surface area contributed by atoms with Crippen LogP contribution in [0, 0.1) is 0 Å². The normalized spacial score (nSPS) is 12.8. The van der Waals surface area contributed by atoms with Crippen molar-refractivity contribution in [3.8, 4) is 5.75 Å². The maximum atomic E-state index is 13.9. The number of nitrogens with one attached hydrogen (secondary N) is 2. The second kappa shape index (κ2) is 14.3. The first-order valence-corrected chi connectivity index (χ1v) is 13.3. The van der Waals surface area contributed by atoms with Gasteiger partial charge in [-0.1, -0.05) is 54.6 Å². The molecule has 0 saturated carbocycles. The largest absolute Gasteiger partial charge is 0.508 e. The quantitative estimate of drug-likeness (QED) is 0.276. The van der Waals surface area contributed by atoms with Crippen molar-refractivity contribution in [3.05, 3.63) is 78.4 Å². The fourth-order valence-electron chi connectivity index (χ4n) is 3.89. The summed E-state index contributed by atoms with van der Waals surface area (Å²) in [6, 6.07) is 12.7. The minimum Gasteiger partial charge on any atom is -0.508 e. The van der Waals surface area contributed by atoms with Gasteiger partial charge < -0.3 is 30.1 Å². The summed E-state index contributed by atoms with van der Waals surface area (Å²) < 4.78 is 10.8. The lowest BCUT2D eigenvalue weighted by Crippen LogP contribution is -2.52. The molecule has 0 radical (unpaired) electrons. The summed E-state index contributed by atoms with van der Waals surface area (Å²) in [4.78, 5) is 53.9. The first-order chi connectivity index (χ1) is 19.1. The summed E-state index contributed by atoms with van der Waals surface area (Å²) in [7, 11) is 0. The van der Waals surface area contributed by atoms with Gasteiger partial charge in [0, 0.05) is 18.5 Å². The number of benzene rings is 2. The monoisotopic (exact) mass is 567 g/mol. The third-order valence-electron chi connectivity index (χ3n) is 5.51. The Bertz CT molecular complexity index is 1220. The summed E-state index contributed by atoms with van der Waals surface area (Å²) in [6.07, 6.45) is 0.742. The number of carbonyl (C=O) groups is 4. The van der Waals surface area contributed by atoms with Crippen molar-refractivity contribution in [2.75, 3.05) is 13.1 Å². The van der Waals surface area contributed by atoms with Crippen LogP contribution < -0.4 is 10.6 Å². The van der Waals surface area contributed by atoms with Gasteiger partial charge in [-0.2, -0.15) is 0 Å². The fourth-order valence-corrected chi connectivity index (χ4v) is 3.89. The Morgan fingerprint density at radius 2 is 1.51 bits per heavy atom. The van der Waals surface area contributed by atoms with Crippen molar-refractivity contribution in [1.29, 1.82) is 0 Å². The lowest BCUT2D eigenvalue weighted by Gasteiger charge is -2.32. The van der Waals surface area contributed by atoms with E-state index in [0.29, 0.717) is 0 Å². The van der Waals surface area contributed by atoms with E-state index in [1.807, 2.05) is 30.3 Å². The van der Waals surface area contributed by atoms with Gasteiger partial charge in [0.15, 0.2) is 0 Å². The second-order valence-corrected chi connectivity index (χ2v) is 11.4. The van der Waals surface area contributed by atoms with E-state index in [4.69, 9.17) is 9.47 Å². The molecule has 2 unspecified atom stereocenters. The second-order valence-electron chi connectivity index (χ2n) is 11.4. The number of amides is 3. The van der Waals surface area contributed by atoms with Gasteiger partial charge in [0.05, 0.1) is 0 Å². The van der Waals surface area contributed by atoms with Crippen LogP contribution in [-0.4, -0.2) is 64.2 Å². The van der Waals surface area contributed by atoms with E-state index in [0.717, 1.165) is 10.5 Å². The molecule has 0 fully saturated rings. The summed E-state index contributed by atoms with van der Waals surface area (Å²) in [5.74, 6) is -2.26. The maximum absolute atomic E-state index is 13.9. The lowest BCUT2D eigenvalue weighted by atomic mass is 10.0. The smallest absolute Gasteiger partial charge is 0.408 e. The molecule has 0 saturated heterocycles. The molecule has 0 heterocycles. The molecule has 41 heavy (non-hydrogen) atoms. The summed E-state index contributed by atoms with van der Waals surface area (Å²) in [6.45, 7) is 13.3. The van der Waals surface area contributed by atoms with Gasteiger partial charge in [-0.25, -0.2) is 9.59 Å². The number of nitrogens with zero attached hydrogens (tertiary/aromatic N) is 1. The van der Waals surface area contributed by atoms with E-state index in [9.17, 15) is 24.3 Å². The molecule has 2 rings (SSSR count). The number of alkyl carbamates (subject to hydrolysis) is 1. The number of hydrogen-bond acceptors (Lipinski definition) is 7. The Hall–Kier alpha value is -4.34. The number of phenolic OH excluding ortho intramolecular Hbond substituents is 1. The summed E-state index contributed by atoms with van der Waals surface area (Å²) >= 11 is 0. The van der Waals surface area contributed by atoms with Crippen LogP contribution in [0.1, 0.15) is 58.7 Å². The summed E-state index contributed by atoms with van der Waals surface area (Å²) in [5, 5.41) is 15.8. The average molecular weight is 568 g/mol. The SMILES string of the molecule is C=CCN(C(=O)CNC(=O)OC(C)(C)C)C(C(=O)NC(Cc1ccccc1)C(=O)OC(C)(C)C)c1ccccc1O. The standard InChI is InChI=1S/C31H41N3O7/c1-8-18-34(25(36)20-32-29(39)41-31(5,6)7)26(22-16-12-13-17-24(22)35)27(37)33-23(28(38)40-30(2,3)4)19-21-14-10-9-11-15-21/h8-17,23,26,35H,1,18-20H2,2-7H3,(H,32,39)(H,33,37). The number of phenols is 1.